The van der Waals surface area contributed by atoms with Gasteiger partial charge >= 0.3 is 0 Å². The zero-order valence-electron chi connectivity index (χ0n) is 10.4. The van der Waals surface area contributed by atoms with Crippen molar-refractivity contribution in [3.63, 3.8) is 0 Å². The van der Waals surface area contributed by atoms with Crippen LogP contribution in [0.25, 0.3) is 11.0 Å². The maximum absolute atomic E-state index is 6.20. The fourth-order valence-corrected chi connectivity index (χ4v) is 2.49. The summed E-state index contributed by atoms with van der Waals surface area (Å²) in [5, 5.41) is 0. The van der Waals surface area contributed by atoms with Crippen molar-refractivity contribution >= 4 is 27.0 Å². The Kier molecular flexibility index (Phi) is 3.54. The summed E-state index contributed by atoms with van der Waals surface area (Å²) in [6.07, 6.45) is 0.957. The third-order valence-electron chi connectivity index (χ3n) is 2.93. The van der Waals surface area contributed by atoms with Crippen LogP contribution in [-0.2, 0) is 7.05 Å². The van der Waals surface area contributed by atoms with Crippen LogP contribution in [0.4, 0.5) is 0 Å². The molecule has 17 heavy (non-hydrogen) atoms. The molecule has 0 radical (unpaired) electrons. The van der Waals surface area contributed by atoms with E-state index in [-0.39, 0.29) is 6.04 Å². The van der Waals surface area contributed by atoms with Crippen LogP contribution >= 0.6 is 15.9 Å². The van der Waals surface area contributed by atoms with E-state index in [4.69, 9.17) is 5.73 Å². The molecule has 2 rings (SSSR count). The van der Waals surface area contributed by atoms with Gasteiger partial charge in [-0.1, -0.05) is 29.8 Å². The standard InChI is InChI=1S/C13H18BrN3/c1-8(2)6-10(15)13-16-11-7-9(14)4-5-12(11)17(13)3/h4-5,7-8,10H,6,15H2,1-3H3. The molecule has 1 aromatic carbocycles. The van der Waals surface area contributed by atoms with Crippen molar-refractivity contribution in [3.8, 4) is 0 Å². The highest BCUT2D eigenvalue weighted by molar-refractivity contribution is 9.10. The molecule has 0 amide bonds. The molecule has 1 heterocycles. The molecule has 1 aromatic heterocycles. The minimum absolute atomic E-state index is 0.00572. The Labute approximate surface area is 110 Å². The maximum Gasteiger partial charge on any atom is 0.126 e. The number of nitrogens with two attached hydrogens (primary N) is 1. The summed E-state index contributed by atoms with van der Waals surface area (Å²) < 4.78 is 3.14. The number of rotatable bonds is 3. The number of benzene rings is 1. The van der Waals surface area contributed by atoms with Gasteiger partial charge in [0.25, 0.3) is 0 Å². The molecule has 0 bridgehead atoms. The van der Waals surface area contributed by atoms with Crippen LogP contribution in [0.1, 0.15) is 32.1 Å². The highest BCUT2D eigenvalue weighted by Gasteiger charge is 2.16. The van der Waals surface area contributed by atoms with Gasteiger partial charge in [-0.05, 0) is 30.5 Å². The van der Waals surface area contributed by atoms with E-state index < -0.39 is 0 Å². The van der Waals surface area contributed by atoms with E-state index in [1.54, 1.807) is 0 Å². The van der Waals surface area contributed by atoms with Crippen LogP contribution in [0.15, 0.2) is 22.7 Å². The molecule has 0 aliphatic heterocycles. The Morgan fingerprint density at radius 1 is 1.41 bits per heavy atom. The van der Waals surface area contributed by atoms with E-state index in [1.807, 2.05) is 19.2 Å². The summed E-state index contributed by atoms with van der Waals surface area (Å²) in [7, 11) is 2.03. The van der Waals surface area contributed by atoms with Gasteiger partial charge in [0.1, 0.15) is 5.82 Å². The van der Waals surface area contributed by atoms with Crippen LogP contribution in [0.5, 0.6) is 0 Å². The molecule has 4 heteroatoms. The van der Waals surface area contributed by atoms with Gasteiger partial charge in [-0.15, -0.1) is 0 Å². The van der Waals surface area contributed by atoms with E-state index in [9.17, 15) is 0 Å². The van der Waals surface area contributed by atoms with Crippen molar-refractivity contribution in [1.82, 2.24) is 9.55 Å². The number of fused-ring (bicyclic) bond motifs is 1. The molecule has 2 N–H and O–H groups in total. The van der Waals surface area contributed by atoms with Crippen LogP contribution in [-0.4, -0.2) is 9.55 Å². The van der Waals surface area contributed by atoms with Crippen molar-refractivity contribution in [2.45, 2.75) is 26.3 Å². The first-order valence-electron chi connectivity index (χ1n) is 5.86. The van der Waals surface area contributed by atoms with Crippen molar-refractivity contribution in [2.24, 2.45) is 18.7 Å². The molecule has 92 valence electrons. The first-order chi connectivity index (χ1) is 7.99. The zero-order chi connectivity index (χ0) is 12.6. The van der Waals surface area contributed by atoms with Crippen LogP contribution in [0, 0.1) is 5.92 Å². The molecular weight excluding hydrogens is 278 g/mol. The second-order valence-corrected chi connectivity index (χ2v) is 5.81. The van der Waals surface area contributed by atoms with Crippen molar-refractivity contribution in [2.75, 3.05) is 0 Å². The molecule has 3 nitrogen and oxygen atoms in total. The fourth-order valence-electron chi connectivity index (χ4n) is 2.14. The Hall–Kier alpha value is -0.870. The fraction of sp³-hybridized carbons (Fsp3) is 0.462. The van der Waals surface area contributed by atoms with Gasteiger partial charge in [-0.25, -0.2) is 4.98 Å². The number of aromatic nitrogens is 2. The third kappa shape index (κ3) is 2.53. The molecule has 0 spiro atoms. The van der Waals surface area contributed by atoms with Gasteiger partial charge in [-0.2, -0.15) is 0 Å². The van der Waals surface area contributed by atoms with E-state index in [0.717, 1.165) is 27.8 Å². The molecule has 1 unspecified atom stereocenters. The van der Waals surface area contributed by atoms with Gasteiger partial charge in [0, 0.05) is 11.5 Å². The minimum Gasteiger partial charge on any atom is -0.330 e. The summed E-state index contributed by atoms with van der Waals surface area (Å²) >= 11 is 3.46. The Morgan fingerprint density at radius 3 is 2.76 bits per heavy atom. The largest absolute Gasteiger partial charge is 0.330 e. The number of nitrogens with zero attached hydrogens (tertiary/aromatic N) is 2. The van der Waals surface area contributed by atoms with Crippen LogP contribution < -0.4 is 5.73 Å². The highest BCUT2D eigenvalue weighted by Crippen LogP contribution is 2.24. The third-order valence-corrected chi connectivity index (χ3v) is 3.43. The van der Waals surface area contributed by atoms with Crippen LogP contribution in [0.2, 0.25) is 0 Å². The summed E-state index contributed by atoms with van der Waals surface area (Å²) in [4.78, 5) is 4.63. The van der Waals surface area contributed by atoms with E-state index in [0.29, 0.717) is 5.92 Å². The second-order valence-electron chi connectivity index (χ2n) is 4.90. The minimum atomic E-state index is 0.00572. The van der Waals surface area contributed by atoms with E-state index in [1.165, 1.54) is 0 Å². The molecular formula is C13H18BrN3. The molecule has 0 aliphatic rings. The number of halogens is 1. The predicted molar refractivity (Wildman–Crippen MR) is 74.8 cm³/mol. The predicted octanol–water partition coefficient (Wildman–Crippen LogP) is 3.38. The Balaban J connectivity index is 2.44. The second kappa shape index (κ2) is 4.78. The lowest BCUT2D eigenvalue weighted by Gasteiger charge is -2.13. The lowest BCUT2D eigenvalue weighted by atomic mass is 10.0. The maximum atomic E-state index is 6.20. The summed E-state index contributed by atoms with van der Waals surface area (Å²) in [6, 6.07) is 6.13. The van der Waals surface area contributed by atoms with E-state index >= 15 is 0 Å². The van der Waals surface area contributed by atoms with Gasteiger partial charge < -0.3 is 10.3 Å². The lowest BCUT2D eigenvalue weighted by Crippen LogP contribution is -2.17. The van der Waals surface area contributed by atoms with Crippen molar-refractivity contribution in [1.29, 1.82) is 0 Å². The average molecular weight is 296 g/mol. The number of hydrogen-bond donors (Lipinski definition) is 1. The molecule has 1 atom stereocenters. The van der Waals surface area contributed by atoms with Crippen LogP contribution in [0.3, 0.4) is 0 Å². The molecule has 0 saturated heterocycles. The zero-order valence-corrected chi connectivity index (χ0v) is 12.0. The topological polar surface area (TPSA) is 43.8 Å². The van der Waals surface area contributed by atoms with E-state index in [2.05, 4.69) is 45.4 Å². The SMILES string of the molecule is CC(C)CC(N)c1nc2cc(Br)ccc2n1C. The Bertz CT molecular complexity index is 531. The number of aryl methyl sites for hydroxylation is 1. The summed E-state index contributed by atoms with van der Waals surface area (Å²) in [6.45, 7) is 4.36. The van der Waals surface area contributed by atoms with Crippen molar-refractivity contribution in [3.05, 3.63) is 28.5 Å². The Morgan fingerprint density at radius 2 is 2.12 bits per heavy atom. The average Bonchev–Trinajstić information content (AvgIpc) is 2.54. The lowest BCUT2D eigenvalue weighted by molar-refractivity contribution is 0.485. The monoisotopic (exact) mass is 295 g/mol. The molecule has 0 saturated carbocycles. The van der Waals surface area contributed by atoms with Gasteiger partial charge in [0.2, 0.25) is 0 Å². The molecule has 0 aliphatic carbocycles. The normalized spacial score (nSPS) is 13.5. The first kappa shape index (κ1) is 12.6. The first-order valence-corrected chi connectivity index (χ1v) is 6.65. The van der Waals surface area contributed by atoms with Crippen molar-refractivity contribution < 1.29 is 0 Å². The smallest absolute Gasteiger partial charge is 0.126 e. The van der Waals surface area contributed by atoms with Gasteiger partial charge in [0.05, 0.1) is 17.1 Å². The highest BCUT2D eigenvalue weighted by atomic mass is 79.9. The summed E-state index contributed by atoms with van der Waals surface area (Å²) in [5.74, 6) is 1.54. The van der Waals surface area contributed by atoms with Gasteiger partial charge in [0.15, 0.2) is 0 Å². The molecule has 0 fully saturated rings. The number of hydrogen-bond acceptors (Lipinski definition) is 2. The summed E-state index contributed by atoms with van der Waals surface area (Å²) in [5.41, 5.74) is 8.33. The van der Waals surface area contributed by atoms with Gasteiger partial charge in [-0.3, -0.25) is 0 Å². The quantitative estimate of drug-likeness (QED) is 0.943. The molecule has 2 aromatic rings. The number of imidazole rings is 1.